The lowest BCUT2D eigenvalue weighted by Crippen LogP contribution is -2.53. The van der Waals surface area contributed by atoms with Crippen LogP contribution in [0.15, 0.2) is 23.1 Å². The highest BCUT2D eigenvalue weighted by atomic mass is 32.2. The van der Waals surface area contributed by atoms with E-state index in [2.05, 4.69) is 4.72 Å². The first-order valence-corrected chi connectivity index (χ1v) is 7.86. The molecule has 1 amide bonds. The number of aliphatic hydroxyl groups excluding tert-OH is 2. The van der Waals surface area contributed by atoms with Crippen molar-refractivity contribution < 1.29 is 23.4 Å². The van der Waals surface area contributed by atoms with Crippen LogP contribution in [0, 0.1) is 6.92 Å². The monoisotopic (exact) mass is 316 g/mol. The van der Waals surface area contributed by atoms with Gasteiger partial charge in [-0.15, -0.1) is 0 Å². The van der Waals surface area contributed by atoms with Crippen molar-refractivity contribution in [3.8, 4) is 0 Å². The van der Waals surface area contributed by atoms with Crippen LogP contribution in [0.3, 0.4) is 0 Å². The van der Waals surface area contributed by atoms with E-state index in [-0.39, 0.29) is 16.9 Å². The van der Waals surface area contributed by atoms with Gasteiger partial charge in [-0.2, -0.15) is 0 Å². The average molecular weight is 316 g/mol. The van der Waals surface area contributed by atoms with E-state index in [4.69, 9.17) is 5.73 Å². The summed E-state index contributed by atoms with van der Waals surface area (Å²) < 4.78 is 26.9. The molecule has 0 unspecified atom stereocenters. The van der Waals surface area contributed by atoms with Gasteiger partial charge in [0.15, 0.2) is 0 Å². The van der Waals surface area contributed by atoms with Crippen molar-refractivity contribution in [3.63, 3.8) is 0 Å². The summed E-state index contributed by atoms with van der Waals surface area (Å²) in [5.41, 5.74) is 4.51. The molecule has 1 aromatic rings. The molecule has 0 heterocycles. The van der Waals surface area contributed by atoms with Gasteiger partial charge >= 0.3 is 0 Å². The SMILES string of the molecule is CCC(CO)(CO)NS(=O)(=O)c1ccc(C)c(C(N)=O)c1. The van der Waals surface area contributed by atoms with E-state index in [0.717, 1.165) is 0 Å². The summed E-state index contributed by atoms with van der Waals surface area (Å²) in [4.78, 5) is 11.1. The highest BCUT2D eigenvalue weighted by Gasteiger charge is 2.33. The van der Waals surface area contributed by atoms with Crippen LogP contribution in [-0.4, -0.2) is 43.3 Å². The Bertz CT molecular complexity index is 615. The number of benzene rings is 1. The van der Waals surface area contributed by atoms with Gasteiger partial charge in [0.25, 0.3) is 0 Å². The number of rotatable bonds is 7. The van der Waals surface area contributed by atoms with Gasteiger partial charge in [0.05, 0.1) is 23.6 Å². The van der Waals surface area contributed by atoms with Gasteiger partial charge in [-0.05, 0) is 31.0 Å². The molecule has 7 nitrogen and oxygen atoms in total. The maximum atomic E-state index is 12.3. The number of nitrogens with two attached hydrogens (primary N) is 1. The summed E-state index contributed by atoms with van der Waals surface area (Å²) in [6, 6.07) is 3.98. The summed E-state index contributed by atoms with van der Waals surface area (Å²) >= 11 is 0. The second-order valence-electron chi connectivity index (χ2n) is 4.90. The predicted molar refractivity (Wildman–Crippen MR) is 77.2 cm³/mol. The van der Waals surface area contributed by atoms with Gasteiger partial charge in [0, 0.05) is 5.56 Å². The second kappa shape index (κ2) is 6.52. The Labute approximate surface area is 123 Å². The van der Waals surface area contributed by atoms with E-state index in [1.165, 1.54) is 18.2 Å². The Morgan fingerprint density at radius 3 is 2.33 bits per heavy atom. The molecule has 118 valence electrons. The fourth-order valence-corrected chi connectivity index (χ4v) is 3.27. The number of carbonyl (C=O) groups excluding carboxylic acids is 1. The zero-order valence-electron chi connectivity index (χ0n) is 12.0. The third kappa shape index (κ3) is 3.79. The van der Waals surface area contributed by atoms with Gasteiger partial charge < -0.3 is 15.9 Å². The standard InChI is InChI=1S/C13H20N2O5S/c1-3-13(7-16,8-17)15-21(19,20)10-5-4-9(2)11(6-10)12(14)18/h4-6,15-17H,3,7-8H2,1-2H3,(H2,14,18). The zero-order chi connectivity index (χ0) is 16.3. The number of primary amides is 1. The van der Waals surface area contributed by atoms with E-state index in [1.807, 2.05) is 0 Å². The lowest BCUT2D eigenvalue weighted by atomic mass is 10.0. The molecular formula is C13H20N2O5S. The van der Waals surface area contributed by atoms with Crippen molar-refractivity contribution in [2.45, 2.75) is 30.7 Å². The van der Waals surface area contributed by atoms with Crippen molar-refractivity contribution in [2.24, 2.45) is 5.73 Å². The number of sulfonamides is 1. The largest absolute Gasteiger partial charge is 0.394 e. The summed E-state index contributed by atoms with van der Waals surface area (Å²) in [6.07, 6.45) is 0.202. The molecule has 0 saturated carbocycles. The minimum atomic E-state index is -4.00. The van der Waals surface area contributed by atoms with Crippen LogP contribution in [0.5, 0.6) is 0 Å². The maximum absolute atomic E-state index is 12.3. The van der Waals surface area contributed by atoms with Gasteiger partial charge in [0.1, 0.15) is 0 Å². The van der Waals surface area contributed by atoms with E-state index in [1.54, 1.807) is 13.8 Å². The smallest absolute Gasteiger partial charge is 0.249 e. The molecule has 0 atom stereocenters. The van der Waals surface area contributed by atoms with E-state index >= 15 is 0 Å². The van der Waals surface area contributed by atoms with E-state index in [9.17, 15) is 23.4 Å². The molecule has 8 heteroatoms. The van der Waals surface area contributed by atoms with E-state index < -0.39 is 34.7 Å². The highest BCUT2D eigenvalue weighted by molar-refractivity contribution is 7.89. The molecule has 21 heavy (non-hydrogen) atoms. The number of aryl methyl sites for hydroxylation is 1. The predicted octanol–water partition coefficient (Wildman–Crippen LogP) is -0.494. The first-order chi connectivity index (χ1) is 9.71. The minimum Gasteiger partial charge on any atom is -0.394 e. The number of hydrogen-bond donors (Lipinski definition) is 4. The third-order valence-corrected chi connectivity index (χ3v) is 4.99. The second-order valence-corrected chi connectivity index (χ2v) is 6.58. The summed E-state index contributed by atoms with van der Waals surface area (Å²) in [6.45, 7) is 2.18. The van der Waals surface area contributed by atoms with Crippen molar-refractivity contribution >= 4 is 15.9 Å². The molecule has 0 spiro atoms. The maximum Gasteiger partial charge on any atom is 0.249 e. The Morgan fingerprint density at radius 1 is 1.33 bits per heavy atom. The number of aliphatic hydroxyl groups is 2. The number of amides is 1. The lowest BCUT2D eigenvalue weighted by molar-refractivity contribution is 0.0999. The van der Waals surface area contributed by atoms with E-state index in [0.29, 0.717) is 5.56 Å². The van der Waals surface area contributed by atoms with Crippen molar-refractivity contribution in [2.75, 3.05) is 13.2 Å². The lowest BCUT2D eigenvalue weighted by Gasteiger charge is -2.29. The van der Waals surface area contributed by atoms with Crippen LogP contribution >= 0.6 is 0 Å². The molecule has 0 saturated heterocycles. The highest BCUT2D eigenvalue weighted by Crippen LogP contribution is 2.19. The minimum absolute atomic E-state index is 0.105. The van der Waals surface area contributed by atoms with Crippen LogP contribution in [0.1, 0.15) is 29.3 Å². The Kier molecular flexibility index (Phi) is 5.46. The first-order valence-electron chi connectivity index (χ1n) is 6.37. The number of hydrogen-bond acceptors (Lipinski definition) is 5. The quantitative estimate of drug-likeness (QED) is 0.539. The topological polar surface area (TPSA) is 130 Å². The molecular weight excluding hydrogens is 296 g/mol. The number of nitrogens with one attached hydrogen (secondary N) is 1. The Balaban J connectivity index is 3.26. The van der Waals surface area contributed by atoms with Crippen LogP contribution in [0.2, 0.25) is 0 Å². The Hall–Kier alpha value is -1.48. The van der Waals surface area contributed by atoms with Crippen molar-refractivity contribution in [1.29, 1.82) is 0 Å². The van der Waals surface area contributed by atoms with Crippen LogP contribution in [-0.2, 0) is 10.0 Å². The molecule has 0 aliphatic carbocycles. The van der Waals surface area contributed by atoms with Crippen LogP contribution in [0.25, 0.3) is 0 Å². The molecule has 0 aliphatic rings. The molecule has 0 fully saturated rings. The molecule has 5 N–H and O–H groups in total. The average Bonchev–Trinajstić information content (AvgIpc) is 2.44. The molecule has 0 aromatic heterocycles. The van der Waals surface area contributed by atoms with Gasteiger partial charge in [-0.1, -0.05) is 13.0 Å². The van der Waals surface area contributed by atoms with Crippen molar-refractivity contribution in [3.05, 3.63) is 29.3 Å². The zero-order valence-corrected chi connectivity index (χ0v) is 12.8. The first kappa shape index (κ1) is 17.6. The fraction of sp³-hybridized carbons (Fsp3) is 0.462. The molecule has 1 rings (SSSR count). The normalized spacial score (nSPS) is 12.4. The van der Waals surface area contributed by atoms with Crippen LogP contribution < -0.4 is 10.5 Å². The fourth-order valence-electron chi connectivity index (χ4n) is 1.79. The molecule has 0 radical (unpaired) electrons. The van der Waals surface area contributed by atoms with Crippen LogP contribution in [0.4, 0.5) is 0 Å². The molecule has 1 aromatic carbocycles. The Morgan fingerprint density at radius 2 is 1.90 bits per heavy atom. The summed E-state index contributed by atoms with van der Waals surface area (Å²) in [5, 5.41) is 18.6. The van der Waals surface area contributed by atoms with Crippen molar-refractivity contribution in [1.82, 2.24) is 4.72 Å². The van der Waals surface area contributed by atoms with Gasteiger partial charge in [-0.3, -0.25) is 4.79 Å². The summed E-state index contributed by atoms with van der Waals surface area (Å²) in [7, 11) is -4.00. The molecule has 0 bridgehead atoms. The number of carbonyl (C=O) groups is 1. The van der Waals surface area contributed by atoms with Gasteiger partial charge in [-0.25, -0.2) is 13.1 Å². The van der Waals surface area contributed by atoms with Gasteiger partial charge in [0.2, 0.25) is 15.9 Å². The third-order valence-electron chi connectivity index (χ3n) is 3.42. The molecule has 0 aliphatic heterocycles. The summed E-state index contributed by atoms with van der Waals surface area (Å²) in [5.74, 6) is -0.726.